The summed E-state index contributed by atoms with van der Waals surface area (Å²) in [4.78, 5) is 0. The van der Waals surface area contributed by atoms with Gasteiger partial charge in [0.2, 0.25) is 0 Å². The van der Waals surface area contributed by atoms with Crippen LogP contribution in [0, 0.1) is 0 Å². The molecule has 0 aliphatic heterocycles. The Balaban J connectivity index is 4.43. The lowest BCUT2D eigenvalue weighted by atomic mass is 10.0. The summed E-state index contributed by atoms with van der Waals surface area (Å²) in [6.45, 7) is 7.17. The molecule has 6 heteroatoms. The minimum atomic E-state index is -1.49. The molecule has 0 bridgehead atoms. The van der Waals surface area contributed by atoms with Crippen LogP contribution in [0.3, 0.4) is 0 Å². The van der Waals surface area contributed by atoms with Crippen LogP contribution in [-0.4, -0.2) is 69.8 Å². The molecule has 0 aromatic rings. The first-order valence-corrected chi connectivity index (χ1v) is 9.55. The zero-order chi connectivity index (χ0) is 20.8. The highest BCUT2D eigenvalue weighted by Gasteiger charge is 2.32. The van der Waals surface area contributed by atoms with Crippen LogP contribution in [0.25, 0.3) is 0 Å². The van der Waals surface area contributed by atoms with Gasteiger partial charge in [-0.05, 0) is 53.4 Å². The number of aliphatic hydroxyl groups is 5. The van der Waals surface area contributed by atoms with Gasteiger partial charge in [0, 0.05) is 0 Å². The Labute approximate surface area is 163 Å². The fourth-order valence-corrected chi connectivity index (χ4v) is 2.51. The molecule has 158 valence electrons. The van der Waals surface area contributed by atoms with Gasteiger partial charge in [0.1, 0.15) is 24.4 Å². The van der Waals surface area contributed by atoms with Crippen LogP contribution in [0.4, 0.5) is 0 Å². The fourth-order valence-electron chi connectivity index (χ4n) is 2.51. The second kappa shape index (κ2) is 15.0. The minimum Gasteiger partial charge on any atom is -0.394 e. The molecule has 0 radical (unpaired) electrons. The molecule has 0 saturated heterocycles. The van der Waals surface area contributed by atoms with Gasteiger partial charge in [0.15, 0.2) is 0 Å². The van der Waals surface area contributed by atoms with E-state index < -0.39 is 37.6 Å². The Morgan fingerprint density at radius 1 is 0.778 bits per heavy atom. The maximum absolute atomic E-state index is 9.91. The Kier molecular flexibility index (Phi) is 14.4. The van der Waals surface area contributed by atoms with Crippen molar-refractivity contribution in [3.05, 3.63) is 34.9 Å². The summed E-state index contributed by atoms with van der Waals surface area (Å²) in [7, 11) is 0. The summed E-state index contributed by atoms with van der Waals surface area (Å²) >= 11 is 0. The van der Waals surface area contributed by atoms with Crippen molar-refractivity contribution in [2.75, 3.05) is 19.8 Å². The second-order valence-electron chi connectivity index (χ2n) is 7.25. The lowest BCUT2D eigenvalue weighted by Crippen LogP contribution is -2.48. The van der Waals surface area contributed by atoms with Gasteiger partial charge in [-0.15, -0.1) is 0 Å². The Morgan fingerprint density at radius 3 is 1.81 bits per heavy atom. The average molecular weight is 387 g/mol. The number of rotatable bonds is 14. The normalized spacial score (nSPS) is 17.4. The van der Waals surface area contributed by atoms with Gasteiger partial charge in [-0.1, -0.05) is 34.9 Å². The van der Waals surface area contributed by atoms with Crippen molar-refractivity contribution in [1.82, 2.24) is 0 Å². The van der Waals surface area contributed by atoms with Crippen molar-refractivity contribution < 1.29 is 30.3 Å². The molecule has 0 aliphatic carbocycles. The summed E-state index contributed by atoms with van der Waals surface area (Å²) in [6.07, 6.45) is 4.78. The Morgan fingerprint density at radius 2 is 1.30 bits per heavy atom. The number of hydrogen-bond acceptors (Lipinski definition) is 6. The second-order valence-corrected chi connectivity index (χ2v) is 7.25. The zero-order valence-corrected chi connectivity index (χ0v) is 17.1. The predicted octanol–water partition coefficient (Wildman–Crippen LogP) is 1.86. The molecule has 0 heterocycles. The highest BCUT2D eigenvalue weighted by molar-refractivity contribution is 5.05. The van der Waals surface area contributed by atoms with Crippen molar-refractivity contribution in [3.8, 4) is 0 Å². The number of ether oxygens (including phenoxy) is 1. The smallest absolute Gasteiger partial charge is 0.114 e. The van der Waals surface area contributed by atoms with E-state index in [9.17, 15) is 15.3 Å². The van der Waals surface area contributed by atoms with Crippen LogP contribution in [0.15, 0.2) is 34.9 Å². The molecular weight excluding hydrogens is 348 g/mol. The van der Waals surface area contributed by atoms with Gasteiger partial charge in [-0.3, -0.25) is 0 Å². The van der Waals surface area contributed by atoms with Crippen molar-refractivity contribution in [3.63, 3.8) is 0 Å². The highest BCUT2D eigenvalue weighted by Crippen LogP contribution is 2.13. The van der Waals surface area contributed by atoms with Crippen LogP contribution < -0.4 is 0 Å². The first kappa shape index (κ1) is 26.0. The molecule has 4 atom stereocenters. The molecule has 0 fully saturated rings. The van der Waals surface area contributed by atoms with Crippen LogP contribution in [-0.2, 0) is 4.74 Å². The van der Waals surface area contributed by atoms with E-state index >= 15 is 0 Å². The van der Waals surface area contributed by atoms with E-state index in [1.807, 2.05) is 13.0 Å². The van der Waals surface area contributed by atoms with Gasteiger partial charge < -0.3 is 30.3 Å². The topological polar surface area (TPSA) is 110 Å². The third kappa shape index (κ3) is 12.1. The zero-order valence-electron chi connectivity index (χ0n) is 17.1. The van der Waals surface area contributed by atoms with Gasteiger partial charge in [0.25, 0.3) is 0 Å². The Bertz CT molecular complexity index is 479. The molecule has 0 aromatic heterocycles. The molecular formula is C21H38O6. The van der Waals surface area contributed by atoms with Crippen LogP contribution >= 0.6 is 0 Å². The van der Waals surface area contributed by atoms with E-state index in [1.165, 1.54) is 11.1 Å². The van der Waals surface area contributed by atoms with E-state index in [1.54, 1.807) is 0 Å². The SMILES string of the molecule is CC(C)=CCC/C(C)=C/CC/C(C)=C/CO[C@@H]([C@H](O)[C@H](O)CO)[C@H](O)CO. The largest absolute Gasteiger partial charge is 0.394 e. The van der Waals surface area contributed by atoms with Gasteiger partial charge in [-0.25, -0.2) is 0 Å². The third-order valence-electron chi connectivity index (χ3n) is 4.33. The monoisotopic (exact) mass is 386 g/mol. The molecule has 0 aliphatic rings. The predicted molar refractivity (Wildman–Crippen MR) is 107 cm³/mol. The molecule has 0 amide bonds. The average Bonchev–Trinajstić information content (AvgIpc) is 2.63. The minimum absolute atomic E-state index is 0.131. The number of allylic oxidation sites excluding steroid dienone is 5. The van der Waals surface area contributed by atoms with Crippen LogP contribution in [0.1, 0.15) is 53.4 Å². The van der Waals surface area contributed by atoms with Crippen molar-refractivity contribution >= 4 is 0 Å². The Hall–Kier alpha value is -1.02. The van der Waals surface area contributed by atoms with E-state index in [0.29, 0.717) is 0 Å². The molecule has 0 unspecified atom stereocenters. The van der Waals surface area contributed by atoms with Gasteiger partial charge in [-0.2, -0.15) is 0 Å². The van der Waals surface area contributed by atoms with Crippen LogP contribution in [0.5, 0.6) is 0 Å². The van der Waals surface area contributed by atoms with E-state index in [-0.39, 0.29) is 6.61 Å². The molecule has 6 nitrogen and oxygen atoms in total. The van der Waals surface area contributed by atoms with E-state index in [4.69, 9.17) is 14.9 Å². The molecule has 0 rings (SSSR count). The standard InChI is InChI=1S/C21H38O6/c1-15(2)7-5-8-16(3)9-6-10-17(4)11-12-27-21(19(25)14-23)20(26)18(24)13-22/h7,9,11,18-26H,5-6,8,10,12-14H2,1-4H3/b16-9+,17-11+/t18-,19-,20-,21-/m1/s1. The molecule has 5 N–H and O–H groups in total. The number of hydrogen-bond donors (Lipinski definition) is 5. The first-order chi connectivity index (χ1) is 12.7. The third-order valence-corrected chi connectivity index (χ3v) is 4.33. The molecule has 0 aromatic carbocycles. The van der Waals surface area contributed by atoms with Crippen molar-refractivity contribution in [2.45, 2.75) is 77.8 Å². The van der Waals surface area contributed by atoms with Crippen molar-refractivity contribution in [1.29, 1.82) is 0 Å². The molecule has 27 heavy (non-hydrogen) atoms. The summed E-state index contributed by atoms with van der Waals surface area (Å²) in [6, 6.07) is 0. The lowest BCUT2D eigenvalue weighted by molar-refractivity contribution is -0.144. The van der Waals surface area contributed by atoms with E-state index in [2.05, 4.69) is 32.9 Å². The summed E-state index contributed by atoms with van der Waals surface area (Å²) in [5.41, 5.74) is 3.81. The molecule has 0 saturated carbocycles. The van der Waals surface area contributed by atoms with Gasteiger partial charge >= 0.3 is 0 Å². The molecule has 0 spiro atoms. The summed E-state index contributed by atoms with van der Waals surface area (Å²) < 4.78 is 5.42. The first-order valence-electron chi connectivity index (χ1n) is 9.55. The lowest BCUT2D eigenvalue weighted by Gasteiger charge is -2.28. The highest BCUT2D eigenvalue weighted by atomic mass is 16.5. The quantitative estimate of drug-likeness (QED) is 0.292. The number of aliphatic hydroxyl groups excluding tert-OH is 5. The van der Waals surface area contributed by atoms with Crippen molar-refractivity contribution in [2.24, 2.45) is 0 Å². The fraction of sp³-hybridized carbons (Fsp3) is 0.714. The summed E-state index contributed by atoms with van der Waals surface area (Å²) in [5.74, 6) is 0. The van der Waals surface area contributed by atoms with Gasteiger partial charge in [0.05, 0.1) is 19.8 Å². The maximum Gasteiger partial charge on any atom is 0.114 e. The van der Waals surface area contributed by atoms with E-state index in [0.717, 1.165) is 31.3 Å². The van der Waals surface area contributed by atoms with Crippen LogP contribution in [0.2, 0.25) is 0 Å². The summed E-state index contributed by atoms with van der Waals surface area (Å²) in [5, 5.41) is 47.2. The maximum atomic E-state index is 9.91.